The monoisotopic (exact) mass is 311 g/mol. The molecular weight excluding hydrogens is 294 g/mol. The van der Waals surface area contributed by atoms with Crippen molar-refractivity contribution in [1.29, 1.82) is 0 Å². The fourth-order valence-electron chi connectivity index (χ4n) is 2.29. The maximum absolute atomic E-state index is 12.3. The zero-order chi connectivity index (χ0) is 16.1. The number of aromatic nitrogens is 1. The van der Waals surface area contributed by atoms with E-state index in [0.717, 1.165) is 5.56 Å². The SMILES string of the molecule is CCOc1ncccc1NC(=O)C1=NO[C@@H](c2ccccc2)C1. The topological polar surface area (TPSA) is 72.8 Å². The molecule has 1 amide bonds. The number of hydrogen-bond acceptors (Lipinski definition) is 5. The van der Waals surface area contributed by atoms with Gasteiger partial charge in [0.05, 0.1) is 6.61 Å². The summed E-state index contributed by atoms with van der Waals surface area (Å²) in [5.74, 6) is 0.0832. The second kappa shape index (κ2) is 6.91. The number of pyridine rings is 1. The number of benzene rings is 1. The number of rotatable bonds is 5. The van der Waals surface area contributed by atoms with Gasteiger partial charge in [0.1, 0.15) is 11.4 Å². The van der Waals surface area contributed by atoms with E-state index in [1.165, 1.54) is 0 Å². The highest BCUT2D eigenvalue weighted by molar-refractivity contribution is 6.43. The van der Waals surface area contributed by atoms with Gasteiger partial charge in [-0.25, -0.2) is 4.98 Å². The Morgan fingerprint density at radius 3 is 2.91 bits per heavy atom. The molecule has 0 fully saturated rings. The average Bonchev–Trinajstić information content (AvgIpc) is 3.08. The molecule has 2 aromatic rings. The summed E-state index contributed by atoms with van der Waals surface area (Å²) in [7, 11) is 0. The highest BCUT2D eigenvalue weighted by Gasteiger charge is 2.27. The van der Waals surface area contributed by atoms with Gasteiger partial charge in [0, 0.05) is 12.6 Å². The first kappa shape index (κ1) is 15.0. The van der Waals surface area contributed by atoms with Crippen LogP contribution < -0.4 is 10.1 Å². The molecule has 1 N–H and O–H groups in total. The number of nitrogens with zero attached hydrogens (tertiary/aromatic N) is 2. The minimum Gasteiger partial charge on any atom is -0.476 e. The Morgan fingerprint density at radius 1 is 1.30 bits per heavy atom. The maximum atomic E-state index is 12.3. The molecule has 1 aliphatic heterocycles. The summed E-state index contributed by atoms with van der Waals surface area (Å²) in [6.07, 6.45) is 1.82. The van der Waals surface area contributed by atoms with E-state index >= 15 is 0 Å². The highest BCUT2D eigenvalue weighted by Crippen LogP contribution is 2.28. The van der Waals surface area contributed by atoms with Gasteiger partial charge in [-0.05, 0) is 24.6 Å². The molecule has 0 radical (unpaired) electrons. The first-order valence-electron chi connectivity index (χ1n) is 7.44. The van der Waals surface area contributed by atoms with Crippen LogP contribution in [-0.4, -0.2) is 23.2 Å². The molecule has 0 spiro atoms. The summed E-state index contributed by atoms with van der Waals surface area (Å²) < 4.78 is 5.39. The van der Waals surface area contributed by atoms with E-state index in [-0.39, 0.29) is 12.0 Å². The maximum Gasteiger partial charge on any atom is 0.273 e. The first-order valence-corrected chi connectivity index (χ1v) is 7.44. The Labute approximate surface area is 134 Å². The smallest absolute Gasteiger partial charge is 0.273 e. The molecule has 0 bridgehead atoms. The van der Waals surface area contributed by atoms with Gasteiger partial charge in [-0.15, -0.1) is 0 Å². The summed E-state index contributed by atoms with van der Waals surface area (Å²) in [6.45, 7) is 2.33. The predicted molar refractivity (Wildman–Crippen MR) is 86.4 cm³/mol. The van der Waals surface area contributed by atoms with E-state index < -0.39 is 0 Å². The molecular formula is C17H17N3O3. The third kappa shape index (κ3) is 3.48. The zero-order valence-electron chi connectivity index (χ0n) is 12.7. The van der Waals surface area contributed by atoms with Crippen molar-refractivity contribution in [2.75, 3.05) is 11.9 Å². The molecule has 0 aliphatic carbocycles. The van der Waals surface area contributed by atoms with Crippen LogP contribution in [0.1, 0.15) is 25.0 Å². The molecule has 23 heavy (non-hydrogen) atoms. The van der Waals surface area contributed by atoms with Crippen molar-refractivity contribution in [2.45, 2.75) is 19.4 Å². The summed E-state index contributed by atoms with van der Waals surface area (Å²) in [5.41, 5.74) is 1.87. The number of amides is 1. The van der Waals surface area contributed by atoms with E-state index in [9.17, 15) is 4.79 Å². The normalized spacial score (nSPS) is 16.4. The van der Waals surface area contributed by atoms with Crippen LogP contribution in [0.4, 0.5) is 5.69 Å². The van der Waals surface area contributed by atoms with Crippen molar-refractivity contribution in [3.8, 4) is 5.88 Å². The summed E-state index contributed by atoms with van der Waals surface area (Å²) in [6, 6.07) is 13.2. The van der Waals surface area contributed by atoms with Crippen molar-refractivity contribution >= 4 is 17.3 Å². The van der Waals surface area contributed by atoms with Crippen molar-refractivity contribution in [3.63, 3.8) is 0 Å². The lowest BCUT2D eigenvalue weighted by molar-refractivity contribution is -0.110. The molecule has 0 saturated carbocycles. The van der Waals surface area contributed by atoms with E-state index in [2.05, 4.69) is 15.5 Å². The number of anilines is 1. The van der Waals surface area contributed by atoms with Crippen LogP contribution in [-0.2, 0) is 9.63 Å². The Balaban J connectivity index is 1.66. The van der Waals surface area contributed by atoms with Crippen LogP contribution in [0.5, 0.6) is 5.88 Å². The largest absolute Gasteiger partial charge is 0.476 e. The second-order valence-corrected chi connectivity index (χ2v) is 4.99. The Bertz CT molecular complexity index is 716. The average molecular weight is 311 g/mol. The number of ether oxygens (including phenoxy) is 1. The quantitative estimate of drug-likeness (QED) is 0.921. The van der Waals surface area contributed by atoms with Crippen molar-refractivity contribution in [2.24, 2.45) is 5.16 Å². The number of hydrogen-bond donors (Lipinski definition) is 1. The summed E-state index contributed by atoms with van der Waals surface area (Å²) in [4.78, 5) is 21.8. The predicted octanol–water partition coefficient (Wildman–Crippen LogP) is 2.94. The minimum absolute atomic E-state index is 0.225. The lowest BCUT2D eigenvalue weighted by atomic mass is 10.0. The van der Waals surface area contributed by atoms with Gasteiger partial charge in [0.2, 0.25) is 5.88 Å². The Hall–Kier alpha value is -2.89. The fourth-order valence-corrected chi connectivity index (χ4v) is 2.29. The molecule has 1 aromatic carbocycles. The number of oxime groups is 1. The van der Waals surface area contributed by atoms with E-state index in [0.29, 0.717) is 30.3 Å². The van der Waals surface area contributed by atoms with E-state index in [1.54, 1.807) is 18.3 Å². The number of nitrogens with one attached hydrogen (secondary N) is 1. The van der Waals surface area contributed by atoms with Gasteiger partial charge in [-0.3, -0.25) is 4.79 Å². The van der Waals surface area contributed by atoms with Crippen molar-refractivity contribution in [1.82, 2.24) is 4.98 Å². The van der Waals surface area contributed by atoms with Crippen LogP contribution >= 0.6 is 0 Å². The first-order chi connectivity index (χ1) is 11.3. The lowest BCUT2D eigenvalue weighted by Gasteiger charge is -2.10. The van der Waals surface area contributed by atoms with E-state index in [4.69, 9.17) is 9.57 Å². The molecule has 0 saturated heterocycles. The third-order valence-electron chi connectivity index (χ3n) is 3.40. The molecule has 3 rings (SSSR count). The van der Waals surface area contributed by atoms with Crippen LogP contribution in [0.15, 0.2) is 53.8 Å². The summed E-state index contributed by atoms with van der Waals surface area (Å²) in [5, 5.41) is 6.68. The van der Waals surface area contributed by atoms with Crippen LogP contribution in [0.2, 0.25) is 0 Å². The summed E-state index contributed by atoms with van der Waals surface area (Å²) >= 11 is 0. The van der Waals surface area contributed by atoms with Crippen LogP contribution in [0.3, 0.4) is 0 Å². The number of carbonyl (C=O) groups excluding carboxylic acids is 1. The highest BCUT2D eigenvalue weighted by atomic mass is 16.6. The van der Waals surface area contributed by atoms with Gasteiger partial charge in [-0.2, -0.15) is 0 Å². The minimum atomic E-state index is -0.308. The van der Waals surface area contributed by atoms with Gasteiger partial charge in [0.15, 0.2) is 6.10 Å². The van der Waals surface area contributed by atoms with E-state index in [1.807, 2.05) is 37.3 Å². The fraction of sp³-hybridized carbons (Fsp3) is 0.235. The third-order valence-corrected chi connectivity index (χ3v) is 3.40. The van der Waals surface area contributed by atoms with Crippen molar-refractivity contribution in [3.05, 3.63) is 54.2 Å². The molecule has 1 aliphatic rings. The lowest BCUT2D eigenvalue weighted by Crippen LogP contribution is -2.22. The standard InChI is InChI=1S/C17H17N3O3/c1-2-22-17-13(9-6-10-18-17)19-16(21)14-11-15(23-20-14)12-7-4-3-5-8-12/h3-10,15H,2,11H2,1H3,(H,19,21)/t15-/m1/s1. The molecule has 118 valence electrons. The molecule has 0 unspecified atom stereocenters. The zero-order valence-corrected chi connectivity index (χ0v) is 12.7. The Morgan fingerprint density at radius 2 is 2.13 bits per heavy atom. The molecule has 6 nitrogen and oxygen atoms in total. The van der Waals surface area contributed by atoms with Crippen molar-refractivity contribution < 1.29 is 14.4 Å². The molecule has 6 heteroatoms. The Kier molecular flexibility index (Phi) is 4.52. The second-order valence-electron chi connectivity index (χ2n) is 4.99. The van der Waals surface area contributed by atoms with Gasteiger partial charge >= 0.3 is 0 Å². The van der Waals surface area contributed by atoms with Crippen LogP contribution in [0.25, 0.3) is 0 Å². The van der Waals surface area contributed by atoms with Gasteiger partial charge < -0.3 is 14.9 Å². The molecule has 2 heterocycles. The van der Waals surface area contributed by atoms with Crippen LogP contribution in [0, 0.1) is 0 Å². The van der Waals surface area contributed by atoms with Gasteiger partial charge in [-0.1, -0.05) is 35.5 Å². The number of carbonyl (C=O) groups is 1. The molecule has 1 aromatic heterocycles. The van der Waals surface area contributed by atoms with Gasteiger partial charge in [0.25, 0.3) is 5.91 Å². The molecule has 1 atom stereocenters.